The first-order valence-electron chi connectivity index (χ1n) is 8.57. The van der Waals surface area contributed by atoms with Crippen LogP contribution in [0.5, 0.6) is 0 Å². The number of thioether (sulfide) groups is 1. The number of benzene rings is 1. The van der Waals surface area contributed by atoms with Crippen LogP contribution in [0.3, 0.4) is 0 Å². The van der Waals surface area contributed by atoms with Crippen LogP contribution in [-0.4, -0.2) is 26.8 Å². The van der Waals surface area contributed by atoms with Gasteiger partial charge in [0.2, 0.25) is 5.91 Å². The third-order valence-electron chi connectivity index (χ3n) is 4.12. The third-order valence-corrected chi connectivity index (χ3v) is 5.06. The predicted molar refractivity (Wildman–Crippen MR) is 100.0 cm³/mol. The summed E-state index contributed by atoms with van der Waals surface area (Å²) in [5.74, 6) is 1.03. The summed E-state index contributed by atoms with van der Waals surface area (Å²) in [4.78, 5) is 20.7. The molecule has 0 radical (unpaired) electrons. The van der Waals surface area contributed by atoms with Crippen molar-refractivity contribution in [3.63, 3.8) is 0 Å². The van der Waals surface area contributed by atoms with Gasteiger partial charge in [0.25, 0.3) is 5.89 Å². The summed E-state index contributed by atoms with van der Waals surface area (Å²) in [6, 6.07) is 8.31. The van der Waals surface area contributed by atoms with Crippen LogP contribution < -0.4 is 5.32 Å². The summed E-state index contributed by atoms with van der Waals surface area (Å²) < 4.78 is 19.0. The molecule has 3 aromatic rings. The van der Waals surface area contributed by atoms with Crippen molar-refractivity contribution in [3.05, 3.63) is 53.7 Å². The number of anilines is 1. The largest absolute Gasteiger partial charge is 0.334 e. The summed E-state index contributed by atoms with van der Waals surface area (Å²) in [5.41, 5.74) is 1.72. The summed E-state index contributed by atoms with van der Waals surface area (Å²) >= 11 is 1.27. The minimum atomic E-state index is -0.444. The second kappa shape index (κ2) is 7.48. The quantitative estimate of drug-likeness (QED) is 0.642. The van der Waals surface area contributed by atoms with Gasteiger partial charge in [-0.1, -0.05) is 23.0 Å². The molecule has 1 saturated carbocycles. The van der Waals surface area contributed by atoms with Crippen LogP contribution in [0.2, 0.25) is 0 Å². The Morgan fingerprint density at radius 2 is 2.19 bits per heavy atom. The molecule has 1 aliphatic carbocycles. The Balaban J connectivity index is 1.33. The van der Waals surface area contributed by atoms with Crippen LogP contribution in [0.25, 0.3) is 11.5 Å². The van der Waals surface area contributed by atoms with Crippen LogP contribution >= 0.6 is 11.8 Å². The number of amides is 1. The van der Waals surface area contributed by atoms with Crippen LogP contribution in [0.1, 0.15) is 30.1 Å². The molecule has 4 rings (SSSR count). The fraction of sp³-hybridized carbons (Fsp3) is 0.263. The minimum absolute atomic E-state index is 0.131. The highest BCUT2D eigenvalue weighted by Crippen LogP contribution is 2.38. The van der Waals surface area contributed by atoms with Gasteiger partial charge < -0.3 is 9.84 Å². The number of nitrogens with one attached hydrogen (secondary N) is 1. The zero-order chi connectivity index (χ0) is 18.8. The molecule has 0 bridgehead atoms. The number of nitrogens with zero attached hydrogens (tertiary/aromatic N) is 3. The monoisotopic (exact) mass is 384 g/mol. The third kappa shape index (κ3) is 4.33. The number of hydrogen-bond acceptors (Lipinski definition) is 6. The SMILES string of the molecule is Cc1ccc(NC(=O)CSc2ccc(-c3nc(C4CC4)no3)cn2)c(F)c1. The molecule has 2 heterocycles. The Labute approximate surface area is 159 Å². The fourth-order valence-corrected chi connectivity index (χ4v) is 3.14. The van der Waals surface area contributed by atoms with Crippen molar-refractivity contribution in [1.29, 1.82) is 0 Å². The van der Waals surface area contributed by atoms with Gasteiger partial charge in [-0.2, -0.15) is 4.98 Å². The Bertz CT molecular complexity index is 970. The van der Waals surface area contributed by atoms with Crippen molar-refractivity contribution in [2.45, 2.75) is 30.7 Å². The van der Waals surface area contributed by atoms with Crippen molar-refractivity contribution < 1.29 is 13.7 Å². The van der Waals surface area contributed by atoms with Gasteiger partial charge in [0, 0.05) is 12.1 Å². The molecule has 1 fully saturated rings. The van der Waals surface area contributed by atoms with Crippen LogP contribution in [0.15, 0.2) is 46.1 Å². The summed E-state index contributed by atoms with van der Waals surface area (Å²) in [7, 11) is 0. The molecule has 8 heteroatoms. The maximum Gasteiger partial charge on any atom is 0.259 e. The zero-order valence-corrected chi connectivity index (χ0v) is 15.4. The second-order valence-corrected chi connectivity index (χ2v) is 7.43. The summed E-state index contributed by atoms with van der Waals surface area (Å²) in [5, 5.41) is 7.24. The lowest BCUT2D eigenvalue weighted by molar-refractivity contribution is -0.113. The number of hydrogen-bond donors (Lipinski definition) is 1. The van der Waals surface area contributed by atoms with Crippen LogP contribution in [0.4, 0.5) is 10.1 Å². The standard InChI is InChI=1S/C19H17FN4O2S/c1-11-2-6-15(14(20)8-11)22-16(25)10-27-17-7-5-13(9-21-17)19-23-18(24-26-19)12-3-4-12/h2,5-9,12H,3-4,10H2,1H3,(H,22,25). The second-order valence-electron chi connectivity index (χ2n) is 6.44. The van der Waals surface area contributed by atoms with Crippen molar-refractivity contribution >= 4 is 23.4 Å². The van der Waals surface area contributed by atoms with Gasteiger partial charge in [-0.15, -0.1) is 0 Å². The number of pyridine rings is 1. The smallest absolute Gasteiger partial charge is 0.259 e. The van der Waals surface area contributed by atoms with E-state index in [0.717, 1.165) is 29.8 Å². The van der Waals surface area contributed by atoms with Crippen molar-refractivity contribution in [2.75, 3.05) is 11.1 Å². The Morgan fingerprint density at radius 3 is 2.89 bits per heavy atom. The van der Waals surface area contributed by atoms with Gasteiger partial charge in [0.15, 0.2) is 5.82 Å². The molecule has 27 heavy (non-hydrogen) atoms. The van der Waals surface area contributed by atoms with Gasteiger partial charge in [-0.25, -0.2) is 9.37 Å². The van der Waals surface area contributed by atoms with E-state index in [0.29, 0.717) is 16.8 Å². The molecule has 138 valence electrons. The molecular weight excluding hydrogens is 367 g/mol. The van der Waals surface area contributed by atoms with E-state index in [-0.39, 0.29) is 17.3 Å². The number of rotatable bonds is 6. The molecule has 1 aliphatic rings. The number of aromatic nitrogens is 3. The molecule has 1 aromatic carbocycles. The molecule has 1 amide bonds. The number of aryl methyl sites for hydroxylation is 1. The van der Waals surface area contributed by atoms with E-state index in [1.165, 1.54) is 17.8 Å². The molecule has 0 atom stereocenters. The predicted octanol–water partition coefficient (Wildman–Crippen LogP) is 4.19. The molecule has 0 spiro atoms. The lowest BCUT2D eigenvalue weighted by Crippen LogP contribution is -2.15. The Kier molecular flexibility index (Phi) is 4.89. The molecule has 0 saturated heterocycles. The van der Waals surface area contributed by atoms with Crippen LogP contribution in [0, 0.1) is 12.7 Å². The van der Waals surface area contributed by atoms with E-state index >= 15 is 0 Å². The van der Waals surface area contributed by atoms with E-state index in [9.17, 15) is 9.18 Å². The molecule has 6 nitrogen and oxygen atoms in total. The first kappa shape index (κ1) is 17.7. The molecule has 2 aromatic heterocycles. The zero-order valence-electron chi connectivity index (χ0n) is 14.6. The summed E-state index contributed by atoms with van der Waals surface area (Å²) in [6.07, 6.45) is 3.87. The minimum Gasteiger partial charge on any atom is -0.334 e. The molecule has 0 aliphatic heterocycles. The van der Waals surface area contributed by atoms with Gasteiger partial charge in [-0.3, -0.25) is 4.79 Å². The number of carbonyl (C=O) groups excluding carboxylic acids is 1. The maximum absolute atomic E-state index is 13.8. The lowest BCUT2D eigenvalue weighted by Gasteiger charge is -2.07. The highest BCUT2D eigenvalue weighted by Gasteiger charge is 2.29. The molecule has 1 N–H and O–H groups in total. The first-order chi connectivity index (χ1) is 13.1. The lowest BCUT2D eigenvalue weighted by atomic mass is 10.2. The fourth-order valence-electron chi connectivity index (χ4n) is 2.50. The highest BCUT2D eigenvalue weighted by molar-refractivity contribution is 7.99. The van der Waals surface area contributed by atoms with E-state index in [4.69, 9.17) is 4.52 Å². The average molecular weight is 384 g/mol. The maximum atomic E-state index is 13.8. The van der Waals surface area contributed by atoms with Gasteiger partial charge in [0.05, 0.1) is 22.0 Å². The van der Waals surface area contributed by atoms with E-state index < -0.39 is 5.82 Å². The van der Waals surface area contributed by atoms with Crippen LogP contribution in [-0.2, 0) is 4.79 Å². The highest BCUT2D eigenvalue weighted by atomic mass is 32.2. The van der Waals surface area contributed by atoms with Gasteiger partial charge in [-0.05, 0) is 49.6 Å². The summed E-state index contributed by atoms with van der Waals surface area (Å²) in [6.45, 7) is 1.79. The van der Waals surface area contributed by atoms with E-state index in [2.05, 4.69) is 20.4 Å². The van der Waals surface area contributed by atoms with Crippen molar-refractivity contribution in [1.82, 2.24) is 15.1 Å². The topological polar surface area (TPSA) is 80.9 Å². The average Bonchev–Trinajstić information content (AvgIpc) is 3.40. The van der Waals surface area contributed by atoms with Crippen molar-refractivity contribution in [2.24, 2.45) is 0 Å². The van der Waals surface area contributed by atoms with Gasteiger partial charge >= 0.3 is 0 Å². The van der Waals surface area contributed by atoms with Gasteiger partial charge in [0.1, 0.15) is 5.82 Å². The Hall–Kier alpha value is -2.74. The van der Waals surface area contributed by atoms with E-state index in [1.54, 1.807) is 31.3 Å². The molecular formula is C19H17FN4O2S. The van der Waals surface area contributed by atoms with E-state index in [1.807, 2.05) is 6.07 Å². The normalized spacial score (nSPS) is 13.6. The molecule has 0 unspecified atom stereocenters. The Morgan fingerprint density at radius 1 is 1.33 bits per heavy atom. The number of carbonyl (C=O) groups is 1. The van der Waals surface area contributed by atoms with Crippen molar-refractivity contribution in [3.8, 4) is 11.5 Å². The first-order valence-corrected chi connectivity index (χ1v) is 9.56. The number of halogens is 1.